The summed E-state index contributed by atoms with van der Waals surface area (Å²) in [6.07, 6.45) is 3.17. The van der Waals surface area contributed by atoms with Gasteiger partial charge in [-0.1, -0.05) is 0 Å². The predicted octanol–water partition coefficient (Wildman–Crippen LogP) is 1.63. The van der Waals surface area contributed by atoms with E-state index in [2.05, 4.69) is 26.2 Å². The number of anilines is 2. The molecule has 4 nitrogen and oxygen atoms in total. The molecule has 3 N–H and O–H groups in total. The van der Waals surface area contributed by atoms with Gasteiger partial charge in [0.1, 0.15) is 4.60 Å². The monoisotopic (exact) mass is 257 g/mol. The summed E-state index contributed by atoms with van der Waals surface area (Å²) in [5, 5.41) is 3.21. The van der Waals surface area contributed by atoms with Crippen LogP contribution in [0.2, 0.25) is 0 Å². The maximum absolute atomic E-state index is 5.79. The summed E-state index contributed by atoms with van der Waals surface area (Å²) in [5.74, 6) is 0. The number of aromatic nitrogens is 1. The van der Waals surface area contributed by atoms with Crippen molar-refractivity contribution >= 4 is 27.3 Å². The third-order valence-corrected chi connectivity index (χ3v) is 2.65. The van der Waals surface area contributed by atoms with E-state index >= 15 is 0 Å². The molecular weight excluding hydrogens is 246 g/mol. The van der Waals surface area contributed by atoms with Crippen molar-refractivity contribution in [1.82, 2.24) is 4.98 Å². The van der Waals surface area contributed by atoms with Crippen molar-refractivity contribution in [3.05, 3.63) is 16.9 Å². The Hall–Kier alpha value is -0.810. The molecule has 5 heteroatoms. The number of rotatable bonds is 3. The van der Waals surface area contributed by atoms with Crippen LogP contribution in [0.3, 0.4) is 0 Å². The SMILES string of the molecule is Nc1cc(Br)ncc1NCC1CCO1. The average Bonchev–Trinajstić information content (AvgIpc) is 2.05. The normalized spacial score (nSPS) is 20.2. The van der Waals surface area contributed by atoms with Gasteiger partial charge in [0.15, 0.2) is 0 Å². The minimum absolute atomic E-state index is 0.332. The highest BCUT2D eigenvalue weighted by Gasteiger charge is 2.17. The van der Waals surface area contributed by atoms with Gasteiger partial charge in [-0.2, -0.15) is 0 Å². The molecule has 0 spiro atoms. The molecule has 0 amide bonds. The Labute approximate surface area is 91.0 Å². The molecule has 1 aromatic rings. The minimum Gasteiger partial charge on any atom is -0.397 e. The second-order valence-corrected chi connectivity index (χ2v) is 4.07. The Balaban J connectivity index is 1.94. The second kappa shape index (κ2) is 4.14. The molecule has 76 valence electrons. The predicted molar refractivity (Wildman–Crippen MR) is 59.2 cm³/mol. The molecule has 1 unspecified atom stereocenters. The van der Waals surface area contributed by atoms with Crippen LogP contribution in [0.4, 0.5) is 11.4 Å². The fourth-order valence-corrected chi connectivity index (χ4v) is 1.61. The van der Waals surface area contributed by atoms with Gasteiger partial charge in [-0.25, -0.2) is 4.98 Å². The lowest BCUT2D eigenvalue weighted by molar-refractivity contribution is -0.0410. The Bertz CT molecular complexity index is 328. The third kappa shape index (κ3) is 2.16. The van der Waals surface area contributed by atoms with Crippen LogP contribution in [0.1, 0.15) is 6.42 Å². The first kappa shape index (κ1) is 9.73. The van der Waals surface area contributed by atoms with Crippen molar-refractivity contribution in [2.75, 3.05) is 24.2 Å². The number of nitrogens with two attached hydrogens (primary N) is 1. The van der Waals surface area contributed by atoms with E-state index in [-0.39, 0.29) is 0 Å². The van der Waals surface area contributed by atoms with Crippen LogP contribution in [0.15, 0.2) is 16.9 Å². The molecule has 0 radical (unpaired) electrons. The summed E-state index contributed by atoms with van der Waals surface area (Å²) < 4.78 is 6.03. The van der Waals surface area contributed by atoms with Crippen molar-refractivity contribution in [2.24, 2.45) is 0 Å². The second-order valence-electron chi connectivity index (χ2n) is 3.26. The number of pyridine rings is 1. The molecule has 1 saturated heterocycles. The summed E-state index contributed by atoms with van der Waals surface area (Å²) in [7, 11) is 0. The maximum atomic E-state index is 5.79. The van der Waals surface area contributed by atoms with E-state index in [0.29, 0.717) is 11.8 Å². The molecule has 14 heavy (non-hydrogen) atoms. The average molecular weight is 258 g/mol. The summed E-state index contributed by atoms with van der Waals surface area (Å²) in [6, 6.07) is 1.78. The summed E-state index contributed by atoms with van der Waals surface area (Å²) >= 11 is 3.26. The van der Waals surface area contributed by atoms with E-state index in [4.69, 9.17) is 10.5 Å². The zero-order valence-corrected chi connectivity index (χ0v) is 9.25. The number of hydrogen-bond acceptors (Lipinski definition) is 4. The molecule has 0 aromatic carbocycles. The molecule has 1 atom stereocenters. The quantitative estimate of drug-likeness (QED) is 0.809. The van der Waals surface area contributed by atoms with Gasteiger partial charge in [0.2, 0.25) is 0 Å². The van der Waals surface area contributed by atoms with Crippen molar-refractivity contribution in [1.29, 1.82) is 0 Å². The molecule has 1 fully saturated rings. The van der Waals surface area contributed by atoms with Crippen molar-refractivity contribution < 1.29 is 4.74 Å². The van der Waals surface area contributed by atoms with Crippen molar-refractivity contribution in [3.63, 3.8) is 0 Å². The van der Waals surface area contributed by atoms with Gasteiger partial charge < -0.3 is 15.8 Å². The minimum atomic E-state index is 0.332. The Morgan fingerprint density at radius 3 is 3.07 bits per heavy atom. The number of halogens is 1. The van der Waals surface area contributed by atoms with Crippen molar-refractivity contribution in [3.8, 4) is 0 Å². The van der Waals surface area contributed by atoms with Crippen LogP contribution in [0.5, 0.6) is 0 Å². The molecule has 1 aromatic heterocycles. The topological polar surface area (TPSA) is 60.2 Å². The molecule has 0 bridgehead atoms. The number of nitrogen functional groups attached to an aromatic ring is 1. The van der Waals surface area contributed by atoms with E-state index < -0.39 is 0 Å². The molecule has 2 rings (SSSR count). The van der Waals surface area contributed by atoms with Crippen molar-refractivity contribution in [2.45, 2.75) is 12.5 Å². The fourth-order valence-electron chi connectivity index (χ4n) is 1.26. The van der Waals surface area contributed by atoms with Gasteiger partial charge >= 0.3 is 0 Å². The maximum Gasteiger partial charge on any atom is 0.108 e. The van der Waals surface area contributed by atoms with Crippen LogP contribution < -0.4 is 11.1 Å². The first-order valence-corrected chi connectivity index (χ1v) is 5.31. The van der Waals surface area contributed by atoms with E-state index in [1.807, 2.05) is 0 Å². The van der Waals surface area contributed by atoms with Crippen LogP contribution in [-0.4, -0.2) is 24.2 Å². The lowest BCUT2D eigenvalue weighted by Gasteiger charge is -2.27. The van der Waals surface area contributed by atoms with Crippen LogP contribution in [0.25, 0.3) is 0 Å². The Kier molecular flexibility index (Phi) is 2.88. The lowest BCUT2D eigenvalue weighted by atomic mass is 10.2. The Morgan fingerprint density at radius 1 is 1.71 bits per heavy atom. The highest BCUT2D eigenvalue weighted by Crippen LogP contribution is 2.21. The molecule has 1 aliphatic heterocycles. The highest BCUT2D eigenvalue weighted by molar-refractivity contribution is 9.10. The Morgan fingerprint density at radius 2 is 2.50 bits per heavy atom. The highest BCUT2D eigenvalue weighted by atomic mass is 79.9. The van der Waals surface area contributed by atoms with Gasteiger partial charge in [0.25, 0.3) is 0 Å². The largest absolute Gasteiger partial charge is 0.397 e. The summed E-state index contributed by atoms with van der Waals surface area (Å²) in [5.41, 5.74) is 7.36. The smallest absolute Gasteiger partial charge is 0.108 e. The van der Waals surface area contributed by atoms with Crippen LogP contribution in [-0.2, 0) is 4.74 Å². The number of nitrogens with one attached hydrogen (secondary N) is 1. The van der Waals surface area contributed by atoms with E-state index in [0.717, 1.165) is 29.9 Å². The van der Waals surface area contributed by atoms with E-state index in [1.165, 1.54) is 0 Å². The number of nitrogens with zero attached hydrogens (tertiary/aromatic N) is 1. The third-order valence-electron chi connectivity index (χ3n) is 2.22. The van der Waals surface area contributed by atoms with Gasteiger partial charge in [0.05, 0.1) is 23.7 Å². The fraction of sp³-hybridized carbons (Fsp3) is 0.444. The molecule has 1 aliphatic rings. The molecule has 0 aliphatic carbocycles. The van der Waals surface area contributed by atoms with Crippen LogP contribution >= 0.6 is 15.9 Å². The zero-order valence-electron chi connectivity index (χ0n) is 7.66. The number of hydrogen-bond donors (Lipinski definition) is 2. The summed E-state index contributed by atoms with van der Waals surface area (Å²) in [6.45, 7) is 1.67. The van der Waals surface area contributed by atoms with E-state index in [9.17, 15) is 0 Å². The summed E-state index contributed by atoms with van der Waals surface area (Å²) in [4.78, 5) is 4.10. The molecular formula is C9H12BrN3O. The van der Waals surface area contributed by atoms with Gasteiger partial charge in [0, 0.05) is 13.2 Å². The first-order chi connectivity index (χ1) is 6.75. The van der Waals surface area contributed by atoms with Gasteiger partial charge in [-0.05, 0) is 28.4 Å². The van der Waals surface area contributed by atoms with E-state index in [1.54, 1.807) is 12.3 Å². The zero-order chi connectivity index (χ0) is 9.97. The van der Waals surface area contributed by atoms with Gasteiger partial charge in [-0.15, -0.1) is 0 Å². The standard InChI is InChI=1S/C9H12BrN3O/c10-9-3-7(11)8(5-13-9)12-4-6-1-2-14-6/h3,5-6,12H,1-2,4H2,(H2,11,13). The van der Waals surface area contributed by atoms with Gasteiger partial charge in [-0.3, -0.25) is 0 Å². The number of ether oxygens (including phenoxy) is 1. The molecule has 0 saturated carbocycles. The van der Waals surface area contributed by atoms with Crippen LogP contribution in [0, 0.1) is 0 Å². The first-order valence-electron chi connectivity index (χ1n) is 4.52. The lowest BCUT2D eigenvalue weighted by Crippen LogP contribution is -2.33. The molecule has 2 heterocycles.